The summed E-state index contributed by atoms with van der Waals surface area (Å²) in [6, 6.07) is 42.3. The second-order valence-corrected chi connectivity index (χ2v) is 27.7. The molecule has 0 amide bonds. The smallest absolute Gasteiger partial charge is 0.236 e. The van der Waals surface area contributed by atoms with Crippen molar-refractivity contribution in [1.29, 1.82) is 0 Å². The first-order chi connectivity index (χ1) is 30.9. The zero-order valence-electron chi connectivity index (χ0n) is 35.4. The van der Waals surface area contributed by atoms with Crippen molar-refractivity contribution in [1.82, 2.24) is 0 Å². The molecule has 0 aliphatic carbocycles. The van der Waals surface area contributed by atoms with Crippen molar-refractivity contribution < 1.29 is 33.7 Å². The van der Waals surface area contributed by atoms with Crippen LogP contribution in [0.15, 0.2) is 189 Å². The van der Waals surface area contributed by atoms with Crippen LogP contribution in [0.5, 0.6) is 0 Å². The Morgan fingerprint density at radius 3 is 0.692 bits per heavy atom. The van der Waals surface area contributed by atoms with Gasteiger partial charge in [0.2, 0.25) is 0 Å². The molecule has 2 heterocycles. The van der Waals surface area contributed by atoms with Crippen molar-refractivity contribution in [2.45, 2.75) is 47.3 Å². The fourth-order valence-corrected chi connectivity index (χ4v) is 26.6. The maximum atomic E-state index is 16.4. The van der Waals surface area contributed by atoms with Crippen molar-refractivity contribution in [3.05, 3.63) is 192 Å². The molecule has 12 nitrogen and oxygen atoms in total. The molecule has 0 atom stereocenters. The summed E-state index contributed by atoms with van der Waals surface area (Å²) in [6.07, 6.45) is 0. The number of rotatable bonds is 8. The van der Waals surface area contributed by atoms with Gasteiger partial charge in [0, 0.05) is 10.8 Å². The van der Waals surface area contributed by atoms with Crippen LogP contribution >= 0.6 is 0 Å². The molecule has 65 heavy (non-hydrogen) atoms. The van der Waals surface area contributed by atoms with Gasteiger partial charge in [-0.05, 0) is 111 Å². The Hall–Kier alpha value is -6.50. The second-order valence-electron chi connectivity index (χ2n) is 16.2. The van der Waals surface area contributed by atoms with Gasteiger partial charge >= 0.3 is 8.72 Å². The summed E-state index contributed by atoms with van der Waals surface area (Å²) in [4.78, 5) is -1.35. The van der Waals surface area contributed by atoms with Crippen LogP contribution in [0.3, 0.4) is 0 Å². The van der Waals surface area contributed by atoms with Gasteiger partial charge in [0.1, 0.15) is 0 Å². The van der Waals surface area contributed by atoms with Gasteiger partial charge in [-0.15, -0.1) is 0 Å². The van der Waals surface area contributed by atoms with Crippen LogP contribution in [0.2, 0.25) is 0 Å². The van der Waals surface area contributed by atoms with Gasteiger partial charge in [-0.25, -0.2) is 49.6 Å². The number of nitrogens with zero attached hydrogens (tertiary/aromatic N) is 4. The molecule has 0 N–H and O–H groups in total. The van der Waals surface area contributed by atoms with Crippen molar-refractivity contribution in [3.8, 4) is 0 Å². The van der Waals surface area contributed by atoms with Crippen LogP contribution in [0.4, 0.5) is 22.7 Å². The van der Waals surface area contributed by atoms with Gasteiger partial charge in [-0.2, -0.15) is 0 Å². The minimum Gasteiger partial charge on any atom is -0.236 e. The molecule has 1 spiro atoms. The molecule has 8 aromatic rings. The molecule has 0 saturated heterocycles. The summed E-state index contributed by atoms with van der Waals surface area (Å²) in [5.74, 6) is 0. The van der Waals surface area contributed by atoms with Crippen LogP contribution in [0.1, 0.15) is 22.3 Å². The summed E-state index contributed by atoms with van der Waals surface area (Å²) in [5, 5.41) is 1.10. The molecule has 0 bridgehead atoms. The molecular weight excluding hydrogens is 917 g/mol. The molecule has 10 rings (SSSR count). The Kier molecular flexibility index (Phi) is 9.64. The van der Waals surface area contributed by atoms with E-state index in [9.17, 15) is 0 Å². The molecule has 0 saturated carbocycles. The van der Waals surface area contributed by atoms with E-state index >= 15 is 33.7 Å². The number of anilines is 4. The zero-order valence-corrected chi connectivity index (χ0v) is 39.6. The van der Waals surface area contributed by atoms with Crippen LogP contribution in [0.25, 0.3) is 21.5 Å². The van der Waals surface area contributed by atoms with Crippen LogP contribution < -0.4 is 15.9 Å². The first-order valence-electron chi connectivity index (χ1n) is 20.4. The van der Waals surface area contributed by atoms with E-state index in [4.69, 9.17) is 0 Å². The molecule has 0 radical (unpaired) electrons. The van der Waals surface area contributed by atoms with Crippen LogP contribution in [0, 0.1) is 27.7 Å². The normalized spacial score (nSPS) is 15.0. The van der Waals surface area contributed by atoms with Crippen molar-refractivity contribution >= 4 is 93.1 Å². The minimum absolute atomic E-state index is 0.125. The first kappa shape index (κ1) is 42.4. The Labute approximate surface area is 379 Å². The monoisotopic (exact) mass is 956 g/mol. The van der Waals surface area contributed by atoms with Crippen molar-refractivity contribution in [3.63, 3.8) is 0 Å². The lowest BCUT2D eigenvalue weighted by Crippen LogP contribution is -2.89. The Bertz CT molecular complexity index is 3240. The third-order valence-corrected chi connectivity index (χ3v) is 27.1. The van der Waals surface area contributed by atoms with Crippen molar-refractivity contribution in [2.75, 3.05) is 15.9 Å². The molecular formula is C48H40N4O8S4Si. The fraction of sp³-hybridized carbons (Fsp3) is 0.0833. The lowest BCUT2D eigenvalue weighted by molar-refractivity contribution is 0.593. The summed E-state index contributed by atoms with van der Waals surface area (Å²) in [6.45, 7) is 7.07. The molecule has 2 aliphatic heterocycles. The maximum Gasteiger partial charge on any atom is 0.560 e. The standard InChI is InChI=1S/C48H40N4O8S4Si/c1-33-17-25-39(26-18-33)61(53,54)49-43-13-5-9-37-10-6-14-44(47(37)43)50(62(55,56)40-27-19-34(2)20-28-40)65(49)51(63(57,58)41-29-21-35(3)22-30-41)45-15-7-11-38-12-8-16-46(48(38)45)52(65)64(59,60)42-31-23-36(4)24-32-42/h5-32H,1-4H3. The van der Waals surface area contributed by atoms with E-state index in [0.29, 0.717) is 33.0 Å². The summed E-state index contributed by atoms with van der Waals surface area (Å²) >= 11 is 0. The Morgan fingerprint density at radius 1 is 0.292 bits per heavy atom. The van der Waals surface area contributed by atoms with Gasteiger partial charge in [0.15, 0.2) is 0 Å². The molecule has 0 fully saturated rings. The van der Waals surface area contributed by atoms with Gasteiger partial charge < -0.3 is 0 Å². The highest BCUT2D eigenvalue weighted by Gasteiger charge is 2.76. The zero-order chi connectivity index (χ0) is 45.8. The van der Waals surface area contributed by atoms with E-state index in [0.717, 1.165) is 15.9 Å². The van der Waals surface area contributed by atoms with E-state index in [1.807, 2.05) is 0 Å². The minimum atomic E-state index is -6.29. The second kappa shape index (κ2) is 14.8. The van der Waals surface area contributed by atoms with E-state index in [2.05, 4.69) is 0 Å². The number of benzene rings is 8. The van der Waals surface area contributed by atoms with Gasteiger partial charge in [-0.1, -0.05) is 119 Å². The quantitative estimate of drug-likeness (QED) is 0.137. The summed E-state index contributed by atoms with van der Waals surface area (Å²) in [7, 11) is -27.2. The fourth-order valence-electron chi connectivity index (χ4n) is 8.85. The predicted molar refractivity (Wildman–Crippen MR) is 257 cm³/mol. The highest BCUT2D eigenvalue weighted by molar-refractivity contribution is 8.03. The number of hydrogen-bond donors (Lipinski definition) is 0. The van der Waals surface area contributed by atoms with Crippen LogP contribution in [-0.4, -0.2) is 42.4 Å². The number of aryl methyl sites for hydroxylation is 4. The molecule has 17 heteroatoms. The maximum absolute atomic E-state index is 16.4. The molecule has 8 aromatic carbocycles. The lowest BCUT2D eigenvalue weighted by Gasteiger charge is -2.59. The average molecular weight is 957 g/mol. The van der Waals surface area contributed by atoms with Gasteiger partial charge in [-0.3, -0.25) is 0 Å². The van der Waals surface area contributed by atoms with E-state index in [1.54, 1.807) is 125 Å². The molecule has 328 valence electrons. The lowest BCUT2D eigenvalue weighted by atomic mass is 10.1. The van der Waals surface area contributed by atoms with Crippen LogP contribution in [-0.2, 0) is 40.1 Å². The highest BCUT2D eigenvalue weighted by Crippen LogP contribution is 2.58. The number of sulfonamides is 4. The largest absolute Gasteiger partial charge is 0.560 e. The number of hydrogen-bond acceptors (Lipinski definition) is 8. The average Bonchev–Trinajstić information content (AvgIpc) is 3.27. The topological polar surface area (TPSA) is 150 Å². The third kappa shape index (κ3) is 6.16. The highest BCUT2D eigenvalue weighted by atomic mass is 32.2. The molecule has 0 aromatic heterocycles. The summed E-state index contributed by atoms with van der Waals surface area (Å²) in [5.41, 5.74) is 2.32. The van der Waals surface area contributed by atoms with E-state index in [-0.39, 0.29) is 53.1 Å². The third-order valence-electron chi connectivity index (χ3n) is 11.9. The first-order valence-corrected chi connectivity index (χ1v) is 28.0. The van der Waals surface area contributed by atoms with Crippen molar-refractivity contribution in [2.24, 2.45) is 0 Å². The predicted octanol–water partition coefficient (Wildman–Crippen LogP) is 9.17. The van der Waals surface area contributed by atoms with E-state index in [1.165, 1.54) is 72.8 Å². The summed E-state index contributed by atoms with van der Waals surface area (Å²) < 4.78 is 135. The SMILES string of the molecule is Cc1ccc(S(=O)(=O)N2c3cccc4cccc(c34)N(S(=O)(=O)c3ccc(C)cc3)[Si]23N(S(=O)(=O)c2ccc(C)cc2)c2cccc4cccc(c24)N3S(=O)(=O)c2ccc(C)cc2)cc1. The van der Waals surface area contributed by atoms with E-state index < -0.39 is 48.8 Å². The Morgan fingerprint density at radius 2 is 0.492 bits per heavy atom. The Balaban J connectivity index is 1.52. The molecule has 0 unspecified atom stereocenters. The van der Waals surface area contributed by atoms with Gasteiger partial charge in [0.05, 0.1) is 42.3 Å². The van der Waals surface area contributed by atoms with Gasteiger partial charge in [0.25, 0.3) is 40.1 Å². The molecule has 2 aliphatic rings.